The fourth-order valence-corrected chi connectivity index (χ4v) is 5.15. The van der Waals surface area contributed by atoms with Crippen molar-refractivity contribution in [3.63, 3.8) is 0 Å². The number of benzene rings is 2. The van der Waals surface area contributed by atoms with Gasteiger partial charge in [0.25, 0.3) is 0 Å². The summed E-state index contributed by atoms with van der Waals surface area (Å²) in [5.41, 5.74) is -2.94. The van der Waals surface area contributed by atoms with Crippen LogP contribution < -0.4 is 9.47 Å². The number of alkyl halides is 18. The van der Waals surface area contributed by atoms with Crippen LogP contribution in [0.15, 0.2) is 48.5 Å². The average molecular weight is 836 g/mol. The van der Waals surface area contributed by atoms with Gasteiger partial charge in [0.2, 0.25) is 0 Å². The van der Waals surface area contributed by atoms with Gasteiger partial charge in [-0.1, -0.05) is 0 Å². The highest BCUT2D eigenvalue weighted by atomic mass is 32.2. The van der Waals surface area contributed by atoms with Crippen molar-refractivity contribution in [3.8, 4) is 11.5 Å². The molecule has 0 aliphatic heterocycles. The van der Waals surface area contributed by atoms with Crippen LogP contribution in [0.25, 0.3) is 11.5 Å². The van der Waals surface area contributed by atoms with Crippen LogP contribution in [0.2, 0.25) is 0 Å². The fraction of sp³-hybridized carbons (Fsp3) is 0.417. The lowest BCUT2D eigenvalue weighted by molar-refractivity contribution is -0.382. The molecule has 0 N–H and O–H groups in total. The molecule has 0 spiro atoms. The van der Waals surface area contributed by atoms with Crippen LogP contribution in [-0.2, 0) is 28.6 Å². The molecule has 0 atom stereocenters. The Bertz CT molecular complexity index is 1720. The van der Waals surface area contributed by atoms with Crippen molar-refractivity contribution >= 4 is 31.8 Å². The van der Waals surface area contributed by atoms with Crippen molar-refractivity contribution in [1.82, 2.24) is 0 Å². The highest BCUT2D eigenvalue weighted by Gasteiger charge is 2.87. The zero-order valence-corrected chi connectivity index (χ0v) is 26.1. The summed E-state index contributed by atoms with van der Waals surface area (Å²) < 4.78 is 311. The molecule has 0 unspecified atom stereocenters. The molecule has 0 fully saturated rings. The second-order valence-corrected chi connectivity index (χ2v) is 12.7. The fourth-order valence-electron chi connectivity index (χ4n) is 3.28. The predicted molar refractivity (Wildman–Crippen MR) is 135 cm³/mol. The molecule has 2 aromatic rings. The van der Waals surface area contributed by atoms with E-state index < -0.39 is 89.4 Å². The van der Waals surface area contributed by atoms with Gasteiger partial charge in [-0.05, 0) is 48.5 Å². The Morgan fingerprint density at radius 2 is 0.654 bits per heavy atom. The highest BCUT2D eigenvalue weighted by Crippen LogP contribution is 2.57. The van der Waals surface area contributed by atoms with E-state index in [4.69, 9.17) is 0 Å². The molecule has 0 saturated heterocycles. The first kappa shape index (κ1) is 44.2. The topological polar surface area (TPSA) is 105 Å². The van der Waals surface area contributed by atoms with Crippen molar-refractivity contribution in [2.75, 3.05) is 14.2 Å². The van der Waals surface area contributed by atoms with Gasteiger partial charge in [-0.25, -0.2) is 0 Å². The van der Waals surface area contributed by atoms with E-state index in [1.807, 2.05) is 0 Å². The molecule has 0 heterocycles. The normalized spacial score (nSPS) is 15.2. The molecule has 2 rings (SSSR count). The van der Waals surface area contributed by atoms with E-state index in [0.717, 1.165) is 14.2 Å². The van der Waals surface area contributed by atoms with Crippen LogP contribution in [0.3, 0.4) is 0 Å². The number of hydrogen-bond donors (Lipinski definition) is 0. The molecule has 8 nitrogen and oxygen atoms in total. The number of methoxy groups -OCH3 is 2. The van der Waals surface area contributed by atoms with E-state index in [0.29, 0.717) is 24.3 Å². The molecule has 296 valence electrons. The van der Waals surface area contributed by atoms with E-state index >= 15 is 0 Å². The van der Waals surface area contributed by atoms with Gasteiger partial charge in [0.15, 0.2) is 11.5 Å². The first-order valence-corrected chi connectivity index (χ1v) is 15.2. The minimum Gasteiger partial charge on any atom is -0.497 e. The number of halogens is 18. The van der Waals surface area contributed by atoms with Gasteiger partial charge in [0.05, 0.1) is 14.2 Å². The van der Waals surface area contributed by atoms with E-state index in [9.17, 15) is 95.9 Å². The lowest BCUT2D eigenvalue weighted by Crippen LogP contribution is -2.63. The molecule has 0 saturated carbocycles. The Labute approximate surface area is 277 Å². The van der Waals surface area contributed by atoms with Gasteiger partial charge in [0.1, 0.15) is 11.5 Å². The number of rotatable bonds is 14. The van der Waals surface area contributed by atoms with Gasteiger partial charge >= 0.3 is 66.8 Å². The van der Waals surface area contributed by atoms with Crippen molar-refractivity contribution in [1.29, 1.82) is 0 Å². The molecule has 2 aromatic carbocycles. The monoisotopic (exact) mass is 836 g/mol. The molecule has 0 aliphatic carbocycles. The summed E-state index contributed by atoms with van der Waals surface area (Å²) >= 11 is 0. The summed E-state index contributed by atoms with van der Waals surface area (Å²) in [5, 5.41) is -15.6. The van der Waals surface area contributed by atoms with E-state index in [2.05, 4.69) is 17.8 Å². The molecule has 28 heteroatoms. The summed E-state index contributed by atoms with van der Waals surface area (Å²) in [5.74, 6) is -38.0. The summed E-state index contributed by atoms with van der Waals surface area (Å²) in [6.45, 7) is 0. The predicted octanol–water partition coefficient (Wildman–Crippen LogP) is 8.07. The molecule has 0 amide bonds. The Kier molecular flexibility index (Phi) is 11.4. The first-order chi connectivity index (χ1) is 23.0. The average Bonchev–Trinajstić information content (AvgIpc) is 3.01. The zero-order valence-electron chi connectivity index (χ0n) is 24.5. The molecule has 0 radical (unpaired) electrons. The van der Waals surface area contributed by atoms with E-state index in [1.54, 1.807) is 0 Å². The highest BCUT2D eigenvalue weighted by molar-refractivity contribution is 7.88. The maximum atomic E-state index is 14.6. The lowest BCUT2D eigenvalue weighted by Gasteiger charge is -2.33. The largest absolute Gasteiger partial charge is 0.497 e. The lowest BCUT2D eigenvalue weighted by atomic mass is 10.1. The maximum absolute atomic E-state index is 14.6. The van der Waals surface area contributed by atoms with Gasteiger partial charge < -0.3 is 17.8 Å². The molecule has 0 aromatic heterocycles. The smallest absolute Gasteiger partial charge is 0.460 e. The van der Waals surface area contributed by atoms with Gasteiger partial charge in [-0.15, -0.1) is 0 Å². The molecular formula is C24H14F18O8S2. The van der Waals surface area contributed by atoms with E-state index in [1.165, 1.54) is 0 Å². The van der Waals surface area contributed by atoms with Crippen molar-refractivity contribution in [2.45, 2.75) is 46.6 Å². The second kappa shape index (κ2) is 13.5. The third-order valence-corrected chi connectivity index (χ3v) is 8.70. The van der Waals surface area contributed by atoms with Gasteiger partial charge in [0, 0.05) is 11.1 Å². The summed E-state index contributed by atoms with van der Waals surface area (Å²) in [6.07, 6.45) is -15.3. The van der Waals surface area contributed by atoms with Crippen LogP contribution in [0.5, 0.6) is 11.5 Å². The van der Waals surface area contributed by atoms with Crippen LogP contribution in [0.4, 0.5) is 79.0 Å². The molecule has 52 heavy (non-hydrogen) atoms. The second-order valence-electron chi connectivity index (χ2n) is 9.52. The maximum Gasteiger partial charge on any atom is 0.460 e. The van der Waals surface area contributed by atoms with Gasteiger partial charge in [-0.3, -0.25) is 0 Å². The standard InChI is InChI=1S/C24H14F18O8S2/c1-47-13-7-3-11(4-8-13)15(49-51(43,44)23(39,40)19(29,30)17(25,26)21(33,34)35)16(12-5-9-14(48-2)10-6-12)50-52(45,46)24(41,42)20(31,32)18(27,28)22(36,37)38/h3-10H,1-2H3/b16-15-. The van der Waals surface area contributed by atoms with E-state index in [-0.39, 0.29) is 35.8 Å². The SMILES string of the molecule is COc1ccc(/C(OS(=O)(=O)C(F)(F)C(F)(F)C(F)(F)C(F)(F)F)=C(/OS(=O)(=O)C(F)(F)C(F)(F)C(F)(F)C(F)(F)F)c2ccc(OC)cc2)cc1. The van der Waals surface area contributed by atoms with Crippen LogP contribution in [0, 0.1) is 0 Å². The minimum atomic E-state index is -8.21. The molecule has 0 bridgehead atoms. The van der Waals surface area contributed by atoms with Crippen molar-refractivity contribution < 1.29 is 114 Å². The van der Waals surface area contributed by atoms with Gasteiger partial charge in [-0.2, -0.15) is 95.9 Å². The molecular weight excluding hydrogens is 822 g/mol. The number of hydrogen-bond acceptors (Lipinski definition) is 8. The van der Waals surface area contributed by atoms with Crippen LogP contribution >= 0.6 is 0 Å². The quantitative estimate of drug-likeness (QED) is 0.0815. The summed E-state index contributed by atoms with van der Waals surface area (Å²) in [4.78, 5) is 0. The Morgan fingerprint density at radius 3 is 0.846 bits per heavy atom. The summed E-state index contributed by atoms with van der Waals surface area (Å²) in [7, 11) is -14.7. The third-order valence-electron chi connectivity index (χ3n) is 6.16. The van der Waals surface area contributed by atoms with Crippen LogP contribution in [-0.4, -0.2) is 77.6 Å². The van der Waals surface area contributed by atoms with Crippen molar-refractivity contribution in [2.24, 2.45) is 0 Å². The Morgan fingerprint density at radius 1 is 0.423 bits per heavy atom. The third kappa shape index (κ3) is 7.17. The Balaban J connectivity index is 3.13. The number of ether oxygens (including phenoxy) is 2. The summed E-state index contributed by atoms with van der Waals surface area (Å²) in [6, 6.07) is 3.27. The molecule has 0 aliphatic rings. The Hall–Kier alpha value is -3.98. The zero-order chi connectivity index (χ0) is 40.9. The van der Waals surface area contributed by atoms with Crippen molar-refractivity contribution in [3.05, 3.63) is 59.7 Å². The first-order valence-electron chi connectivity index (χ1n) is 12.3. The minimum absolute atomic E-state index is 0.258. The van der Waals surface area contributed by atoms with Crippen LogP contribution in [0.1, 0.15) is 11.1 Å².